The Morgan fingerprint density at radius 2 is 2.25 bits per heavy atom. The van der Waals surface area contributed by atoms with Gasteiger partial charge in [0.1, 0.15) is 11.5 Å². The summed E-state index contributed by atoms with van der Waals surface area (Å²) in [6.07, 6.45) is 5.57. The first kappa shape index (κ1) is 18.3. The number of hydrogen-bond acceptors (Lipinski definition) is 6. The molecule has 0 radical (unpaired) electrons. The standard InChI is InChI=1S/C21H23N3O4/c1-14-19(27-13-23-14)21(25)24-8-4-6-16(12-24)20-22-11-18(28-20)10-15-5-3-7-17(9-15)26-2/h3,5,7,9,11,13,16H,4,6,8,10,12H2,1-2H3. The van der Waals surface area contributed by atoms with E-state index in [4.69, 9.17) is 13.6 Å². The molecule has 3 aromatic rings. The molecule has 1 unspecified atom stereocenters. The van der Waals surface area contributed by atoms with Gasteiger partial charge in [0.2, 0.25) is 5.76 Å². The van der Waals surface area contributed by atoms with Gasteiger partial charge in [0, 0.05) is 19.5 Å². The number of aromatic nitrogens is 2. The molecule has 7 nitrogen and oxygen atoms in total. The van der Waals surface area contributed by atoms with Gasteiger partial charge in [-0.1, -0.05) is 12.1 Å². The summed E-state index contributed by atoms with van der Waals surface area (Å²) in [5.41, 5.74) is 1.71. The van der Waals surface area contributed by atoms with Crippen molar-refractivity contribution in [3.8, 4) is 5.75 Å². The van der Waals surface area contributed by atoms with Crippen LogP contribution in [-0.4, -0.2) is 41.0 Å². The van der Waals surface area contributed by atoms with Gasteiger partial charge < -0.3 is 18.5 Å². The van der Waals surface area contributed by atoms with Gasteiger partial charge >= 0.3 is 0 Å². The summed E-state index contributed by atoms with van der Waals surface area (Å²) in [5, 5.41) is 0. The zero-order chi connectivity index (χ0) is 19.5. The van der Waals surface area contributed by atoms with E-state index in [0.29, 0.717) is 36.9 Å². The molecule has 3 heterocycles. The Morgan fingerprint density at radius 1 is 1.36 bits per heavy atom. The first-order valence-corrected chi connectivity index (χ1v) is 9.41. The Labute approximate surface area is 163 Å². The molecule has 0 saturated carbocycles. The number of nitrogens with zero attached hydrogens (tertiary/aromatic N) is 3. The Kier molecular flexibility index (Phi) is 5.14. The predicted molar refractivity (Wildman–Crippen MR) is 101 cm³/mol. The summed E-state index contributed by atoms with van der Waals surface area (Å²) in [5.74, 6) is 2.58. The van der Waals surface area contributed by atoms with Crippen LogP contribution in [-0.2, 0) is 6.42 Å². The van der Waals surface area contributed by atoms with Gasteiger partial charge in [-0.05, 0) is 37.5 Å². The van der Waals surface area contributed by atoms with E-state index in [1.54, 1.807) is 25.1 Å². The van der Waals surface area contributed by atoms with Crippen molar-refractivity contribution in [3.63, 3.8) is 0 Å². The zero-order valence-corrected chi connectivity index (χ0v) is 16.1. The molecule has 0 N–H and O–H groups in total. The highest BCUT2D eigenvalue weighted by Crippen LogP contribution is 2.28. The van der Waals surface area contributed by atoms with Crippen molar-refractivity contribution in [1.29, 1.82) is 0 Å². The maximum Gasteiger partial charge on any atom is 0.291 e. The molecule has 0 spiro atoms. The Balaban J connectivity index is 1.44. The number of oxazole rings is 2. The largest absolute Gasteiger partial charge is 0.497 e. The first-order valence-electron chi connectivity index (χ1n) is 9.41. The lowest BCUT2D eigenvalue weighted by Gasteiger charge is -2.30. The Bertz CT molecular complexity index is 962. The van der Waals surface area contributed by atoms with Crippen molar-refractivity contribution in [3.05, 3.63) is 65.5 Å². The predicted octanol–water partition coefficient (Wildman–Crippen LogP) is 3.59. The van der Waals surface area contributed by atoms with Gasteiger partial charge in [-0.25, -0.2) is 9.97 Å². The third-order valence-corrected chi connectivity index (χ3v) is 5.08. The summed E-state index contributed by atoms with van der Waals surface area (Å²) >= 11 is 0. The number of ether oxygens (including phenoxy) is 1. The molecule has 2 aromatic heterocycles. The third kappa shape index (κ3) is 3.78. The highest BCUT2D eigenvalue weighted by atomic mass is 16.5. The molecule has 1 aromatic carbocycles. The lowest BCUT2D eigenvalue weighted by atomic mass is 9.97. The van der Waals surface area contributed by atoms with Crippen molar-refractivity contribution in [2.75, 3.05) is 20.2 Å². The molecular weight excluding hydrogens is 358 g/mol. The number of piperidine rings is 1. The molecule has 1 fully saturated rings. The smallest absolute Gasteiger partial charge is 0.291 e. The monoisotopic (exact) mass is 381 g/mol. The molecule has 1 aliphatic heterocycles. The second kappa shape index (κ2) is 7.88. The summed E-state index contributed by atoms with van der Waals surface area (Å²) in [6.45, 7) is 3.04. The van der Waals surface area contributed by atoms with Crippen LogP contribution in [0.4, 0.5) is 0 Å². The van der Waals surface area contributed by atoms with Crippen molar-refractivity contribution in [2.45, 2.75) is 32.1 Å². The Hall–Kier alpha value is -3.09. The number of amides is 1. The average Bonchev–Trinajstić information content (AvgIpc) is 3.37. The van der Waals surface area contributed by atoms with Crippen LogP contribution in [0.2, 0.25) is 0 Å². The van der Waals surface area contributed by atoms with Crippen LogP contribution in [0.15, 0.2) is 45.7 Å². The number of hydrogen-bond donors (Lipinski definition) is 0. The molecule has 28 heavy (non-hydrogen) atoms. The quantitative estimate of drug-likeness (QED) is 0.672. The zero-order valence-electron chi connectivity index (χ0n) is 16.1. The summed E-state index contributed by atoms with van der Waals surface area (Å²) in [6, 6.07) is 7.90. The molecule has 0 aliphatic carbocycles. The number of rotatable bonds is 5. The van der Waals surface area contributed by atoms with Crippen LogP contribution in [0.1, 0.15) is 52.2 Å². The van der Waals surface area contributed by atoms with E-state index in [2.05, 4.69) is 9.97 Å². The second-order valence-corrected chi connectivity index (χ2v) is 7.05. The number of likely N-dealkylation sites (tertiary alicyclic amines) is 1. The fourth-order valence-electron chi connectivity index (χ4n) is 3.59. The average molecular weight is 381 g/mol. The number of aryl methyl sites for hydroxylation is 1. The molecule has 7 heteroatoms. The fraction of sp³-hybridized carbons (Fsp3) is 0.381. The second-order valence-electron chi connectivity index (χ2n) is 7.05. The fourth-order valence-corrected chi connectivity index (χ4v) is 3.59. The van der Waals surface area contributed by atoms with Gasteiger partial charge in [0.05, 0.1) is 24.9 Å². The normalized spacial score (nSPS) is 16.9. The number of carbonyl (C=O) groups excluding carboxylic acids is 1. The molecule has 146 valence electrons. The molecular formula is C21H23N3O4. The minimum atomic E-state index is -0.122. The van der Waals surface area contributed by atoms with E-state index in [9.17, 15) is 4.79 Å². The van der Waals surface area contributed by atoms with Crippen LogP contribution >= 0.6 is 0 Å². The van der Waals surface area contributed by atoms with Crippen LogP contribution < -0.4 is 4.74 Å². The van der Waals surface area contributed by atoms with Crippen LogP contribution in [0.5, 0.6) is 5.75 Å². The minimum Gasteiger partial charge on any atom is -0.497 e. The summed E-state index contributed by atoms with van der Waals surface area (Å²) in [4.78, 5) is 23.0. The van der Waals surface area contributed by atoms with Crippen molar-refractivity contribution < 1.29 is 18.4 Å². The van der Waals surface area contributed by atoms with Crippen molar-refractivity contribution in [1.82, 2.24) is 14.9 Å². The van der Waals surface area contributed by atoms with E-state index in [1.807, 2.05) is 24.3 Å². The molecule has 1 saturated heterocycles. The van der Waals surface area contributed by atoms with Gasteiger partial charge in [0.25, 0.3) is 5.91 Å². The first-order chi connectivity index (χ1) is 13.6. The third-order valence-electron chi connectivity index (χ3n) is 5.08. The van der Waals surface area contributed by atoms with Gasteiger partial charge in [-0.3, -0.25) is 4.79 Å². The molecule has 0 bridgehead atoms. The van der Waals surface area contributed by atoms with Crippen LogP contribution in [0.3, 0.4) is 0 Å². The van der Waals surface area contributed by atoms with Crippen LogP contribution in [0, 0.1) is 6.92 Å². The number of carbonyl (C=O) groups is 1. The SMILES string of the molecule is COc1cccc(Cc2cnc(C3CCCN(C(=O)c4ocnc4C)C3)o2)c1. The lowest BCUT2D eigenvalue weighted by molar-refractivity contribution is 0.0664. The number of methoxy groups -OCH3 is 1. The van der Waals surface area contributed by atoms with E-state index < -0.39 is 0 Å². The van der Waals surface area contributed by atoms with E-state index in [1.165, 1.54) is 6.39 Å². The Morgan fingerprint density at radius 3 is 3.04 bits per heavy atom. The number of benzene rings is 1. The van der Waals surface area contributed by atoms with Crippen molar-refractivity contribution >= 4 is 5.91 Å². The van der Waals surface area contributed by atoms with Gasteiger partial charge in [0.15, 0.2) is 12.3 Å². The summed E-state index contributed by atoms with van der Waals surface area (Å²) < 4.78 is 16.5. The van der Waals surface area contributed by atoms with E-state index in [0.717, 1.165) is 29.9 Å². The maximum atomic E-state index is 12.7. The van der Waals surface area contributed by atoms with E-state index >= 15 is 0 Å². The molecule has 1 aliphatic rings. The summed E-state index contributed by atoms with van der Waals surface area (Å²) in [7, 11) is 1.65. The molecule has 1 amide bonds. The van der Waals surface area contributed by atoms with Gasteiger partial charge in [-0.15, -0.1) is 0 Å². The van der Waals surface area contributed by atoms with Gasteiger partial charge in [-0.2, -0.15) is 0 Å². The van der Waals surface area contributed by atoms with Crippen LogP contribution in [0.25, 0.3) is 0 Å². The highest BCUT2D eigenvalue weighted by Gasteiger charge is 2.30. The molecule has 4 rings (SSSR count). The lowest BCUT2D eigenvalue weighted by Crippen LogP contribution is -2.39. The topological polar surface area (TPSA) is 81.6 Å². The molecule has 1 atom stereocenters. The minimum absolute atomic E-state index is 0.0833. The van der Waals surface area contributed by atoms with E-state index in [-0.39, 0.29) is 11.8 Å². The maximum absolute atomic E-state index is 12.7. The van der Waals surface area contributed by atoms with Crippen molar-refractivity contribution in [2.24, 2.45) is 0 Å². The highest BCUT2D eigenvalue weighted by molar-refractivity contribution is 5.92.